The largest absolute Gasteiger partial charge is 0.370 e. The molecular formula is C12H14N2O. The SMILES string of the molecule is O=Cc1ccc(N2CC3CCC3C2)cn1. The van der Waals surface area contributed by atoms with Crippen molar-refractivity contribution in [2.75, 3.05) is 18.0 Å². The van der Waals surface area contributed by atoms with Crippen LogP contribution in [-0.2, 0) is 0 Å². The molecule has 0 spiro atoms. The summed E-state index contributed by atoms with van der Waals surface area (Å²) in [5.74, 6) is 1.83. The minimum Gasteiger partial charge on any atom is -0.370 e. The second kappa shape index (κ2) is 3.33. The molecule has 2 unspecified atom stereocenters. The maximum Gasteiger partial charge on any atom is 0.168 e. The number of nitrogens with zero attached hydrogens (tertiary/aromatic N) is 2. The summed E-state index contributed by atoms with van der Waals surface area (Å²) in [6.45, 7) is 2.35. The summed E-state index contributed by atoms with van der Waals surface area (Å²) in [6.07, 6.45) is 5.38. The van der Waals surface area contributed by atoms with Crippen LogP contribution in [0.3, 0.4) is 0 Å². The van der Waals surface area contributed by atoms with Gasteiger partial charge in [-0.05, 0) is 36.8 Å². The number of anilines is 1. The summed E-state index contributed by atoms with van der Waals surface area (Å²) >= 11 is 0. The molecule has 1 aliphatic heterocycles. The molecule has 78 valence electrons. The van der Waals surface area contributed by atoms with E-state index in [1.165, 1.54) is 25.9 Å². The maximum atomic E-state index is 10.5. The van der Waals surface area contributed by atoms with Gasteiger partial charge in [0.1, 0.15) is 5.69 Å². The van der Waals surface area contributed by atoms with E-state index in [0.29, 0.717) is 5.69 Å². The van der Waals surface area contributed by atoms with E-state index in [1.54, 1.807) is 6.07 Å². The second-order valence-electron chi connectivity index (χ2n) is 4.56. The maximum absolute atomic E-state index is 10.5. The van der Waals surface area contributed by atoms with Crippen molar-refractivity contribution in [3.63, 3.8) is 0 Å². The number of rotatable bonds is 2. The monoisotopic (exact) mass is 202 g/mol. The van der Waals surface area contributed by atoms with Gasteiger partial charge in [-0.15, -0.1) is 0 Å². The van der Waals surface area contributed by atoms with Crippen molar-refractivity contribution in [1.82, 2.24) is 4.98 Å². The molecule has 2 fully saturated rings. The summed E-state index contributed by atoms with van der Waals surface area (Å²) in [5, 5.41) is 0. The number of carbonyl (C=O) groups excluding carboxylic acids is 1. The second-order valence-corrected chi connectivity index (χ2v) is 4.56. The molecule has 3 heteroatoms. The zero-order valence-electron chi connectivity index (χ0n) is 8.60. The number of carbonyl (C=O) groups is 1. The number of hydrogen-bond acceptors (Lipinski definition) is 3. The van der Waals surface area contributed by atoms with Crippen LogP contribution in [0.4, 0.5) is 5.69 Å². The molecule has 3 rings (SSSR count). The summed E-state index contributed by atoms with van der Waals surface area (Å²) in [7, 11) is 0. The molecule has 1 aromatic rings. The average Bonchev–Trinajstić information content (AvgIpc) is 2.55. The van der Waals surface area contributed by atoms with Gasteiger partial charge < -0.3 is 4.90 Å². The normalized spacial score (nSPS) is 28.4. The Morgan fingerprint density at radius 2 is 2.00 bits per heavy atom. The third kappa shape index (κ3) is 1.42. The van der Waals surface area contributed by atoms with Gasteiger partial charge in [-0.2, -0.15) is 0 Å². The summed E-state index contributed by atoms with van der Waals surface area (Å²) in [4.78, 5) is 17.0. The Morgan fingerprint density at radius 1 is 1.27 bits per heavy atom. The lowest BCUT2D eigenvalue weighted by atomic mass is 9.77. The highest BCUT2D eigenvalue weighted by Gasteiger charge is 2.39. The van der Waals surface area contributed by atoms with Crippen LogP contribution < -0.4 is 4.90 Å². The molecule has 0 radical (unpaired) electrons. The van der Waals surface area contributed by atoms with Crippen molar-refractivity contribution in [2.45, 2.75) is 12.8 Å². The molecule has 2 heterocycles. The van der Waals surface area contributed by atoms with E-state index in [9.17, 15) is 4.79 Å². The molecule has 0 N–H and O–H groups in total. The van der Waals surface area contributed by atoms with Crippen LogP contribution in [0.5, 0.6) is 0 Å². The van der Waals surface area contributed by atoms with E-state index in [-0.39, 0.29) is 0 Å². The average molecular weight is 202 g/mol. The highest BCUT2D eigenvalue weighted by Crippen LogP contribution is 2.41. The Kier molecular flexibility index (Phi) is 1.97. The van der Waals surface area contributed by atoms with Crippen LogP contribution in [0.1, 0.15) is 23.3 Å². The van der Waals surface area contributed by atoms with Gasteiger partial charge in [0.25, 0.3) is 0 Å². The van der Waals surface area contributed by atoms with Crippen LogP contribution in [-0.4, -0.2) is 24.4 Å². The van der Waals surface area contributed by atoms with Crippen molar-refractivity contribution >= 4 is 12.0 Å². The van der Waals surface area contributed by atoms with E-state index in [4.69, 9.17) is 0 Å². The molecule has 1 aliphatic carbocycles. The lowest BCUT2D eigenvalue weighted by Crippen LogP contribution is -2.22. The Bertz CT molecular complexity index is 362. The number of pyridine rings is 1. The smallest absolute Gasteiger partial charge is 0.168 e. The fourth-order valence-corrected chi connectivity index (χ4v) is 2.62. The number of aldehydes is 1. The van der Waals surface area contributed by atoms with Gasteiger partial charge in [0.15, 0.2) is 6.29 Å². The van der Waals surface area contributed by atoms with Crippen molar-refractivity contribution in [1.29, 1.82) is 0 Å². The summed E-state index contributed by atoms with van der Waals surface area (Å²) < 4.78 is 0. The van der Waals surface area contributed by atoms with Gasteiger partial charge in [-0.3, -0.25) is 9.78 Å². The van der Waals surface area contributed by atoms with Gasteiger partial charge in [0.2, 0.25) is 0 Å². The van der Waals surface area contributed by atoms with Gasteiger partial charge in [0.05, 0.1) is 11.9 Å². The van der Waals surface area contributed by atoms with Crippen LogP contribution >= 0.6 is 0 Å². The molecule has 0 bridgehead atoms. The van der Waals surface area contributed by atoms with Crippen LogP contribution in [0, 0.1) is 11.8 Å². The highest BCUT2D eigenvalue weighted by molar-refractivity contribution is 5.72. The Morgan fingerprint density at radius 3 is 2.47 bits per heavy atom. The molecule has 2 atom stereocenters. The van der Waals surface area contributed by atoms with E-state index in [2.05, 4.69) is 9.88 Å². The van der Waals surface area contributed by atoms with Gasteiger partial charge in [-0.25, -0.2) is 0 Å². The van der Waals surface area contributed by atoms with Crippen LogP contribution in [0.25, 0.3) is 0 Å². The number of aromatic nitrogens is 1. The zero-order chi connectivity index (χ0) is 10.3. The van der Waals surface area contributed by atoms with Gasteiger partial charge in [0, 0.05) is 13.1 Å². The quantitative estimate of drug-likeness (QED) is 0.685. The van der Waals surface area contributed by atoms with Crippen LogP contribution in [0.15, 0.2) is 18.3 Å². The molecule has 15 heavy (non-hydrogen) atoms. The first kappa shape index (κ1) is 8.89. The lowest BCUT2D eigenvalue weighted by Gasteiger charge is -2.27. The predicted molar refractivity (Wildman–Crippen MR) is 58.1 cm³/mol. The van der Waals surface area contributed by atoms with Gasteiger partial charge >= 0.3 is 0 Å². The van der Waals surface area contributed by atoms with Crippen LogP contribution in [0.2, 0.25) is 0 Å². The lowest BCUT2D eigenvalue weighted by molar-refractivity contribution is 0.111. The number of fused-ring (bicyclic) bond motifs is 1. The summed E-state index contributed by atoms with van der Waals surface area (Å²) in [6, 6.07) is 3.80. The minimum absolute atomic E-state index is 0.515. The summed E-state index contributed by atoms with van der Waals surface area (Å²) in [5.41, 5.74) is 1.68. The van der Waals surface area contributed by atoms with Crippen molar-refractivity contribution in [3.05, 3.63) is 24.0 Å². The first-order valence-electron chi connectivity index (χ1n) is 5.53. The Hall–Kier alpha value is -1.38. The molecule has 1 saturated carbocycles. The van der Waals surface area contributed by atoms with Gasteiger partial charge in [-0.1, -0.05) is 0 Å². The molecule has 1 saturated heterocycles. The number of hydrogen-bond donors (Lipinski definition) is 0. The topological polar surface area (TPSA) is 33.2 Å². The standard InChI is InChI=1S/C12H14N2O/c15-8-11-3-4-12(5-13-11)14-6-9-1-2-10(9)7-14/h3-5,8-10H,1-2,6-7H2. The van der Waals surface area contributed by atoms with Crippen molar-refractivity contribution < 1.29 is 4.79 Å². The van der Waals surface area contributed by atoms with E-state index >= 15 is 0 Å². The molecule has 0 amide bonds. The fraction of sp³-hybridized carbons (Fsp3) is 0.500. The molecule has 2 aliphatic rings. The highest BCUT2D eigenvalue weighted by atomic mass is 16.1. The predicted octanol–water partition coefficient (Wildman–Crippen LogP) is 1.74. The minimum atomic E-state index is 0.515. The first-order valence-corrected chi connectivity index (χ1v) is 5.53. The van der Waals surface area contributed by atoms with E-state index in [0.717, 1.165) is 23.8 Å². The van der Waals surface area contributed by atoms with Crippen molar-refractivity contribution in [3.8, 4) is 0 Å². The third-order valence-electron chi connectivity index (χ3n) is 3.74. The Balaban J connectivity index is 1.78. The molecule has 1 aromatic heterocycles. The fourth-order valence-electron chi connectivity index (χ4n) is 2.62. The van der Waals surface area contributed by atoms with Crippen molar-refractivity contribution in [2.24, 2.45) is 11.8 Å². The zero-order valence-corrected chi connectivity index (χ0v) is 8.60. The molecule has 3 nitrogen and oxygen atoms in total. The first-order chi connectivity index (χ1) is 7.36. The molecular weight excluding hydrogens is 188 g/mol. The third-order valence-corrected chi connectivity index (χ3v) is 3.74. The van der Waals surface area contributed by atoms with E-state index in [1.807, 2.05) is 12.3 Å². The molecule has 0 aromatic carbocycles. The Labute approximate surface area is 89.1 Å². The van der Waals surface area contributed by atoms with E-state index < -0.39 is 0 Å².